The van der Waals surface area contributed by atoms with E-state index in [0.29, 0.717) is 24.6 Å². The number of ether oxygens (including phenoxy) is 3. The Kier molecular flexibility index (Phi) is 6.15. The van der Waals surface area contributed by atoms with Gasteiger partial charge in [-0.05, 0) is 72.2 Å². The molecular formula is C23H26F2N2O4. The highest BCUT2D eigenvalue weighted by Gasteiger charge is 2.27. The number of methoxy groups -OCH3 is 2. The van der Waals surface area contributed by atoms with Crippen molar-refractivity contribution in [2.45, 2.75) is 44.9 Å². The van der Waals surface area contributed by atoms with Crippen LogP contribution in [0.2, 0.25) is 0 Å². The second-order valence-corrected chi connectivity index (χ2v) is 7.78. The zero-order chi connectivity index (χ0) is 22.0. The molecular weight excluding hydrogens is 406 g/mol. The predicted octanol–water partition coefficient (Wildman–Crippen LogP) is 4.45. The van der Waals surface area contributed by atoms with Gasteiger partial charge in [0.05, 0.1) is 20.3 Å². The van der Waals surface area contributed by atoms with Gasteiger partial charge < -0.3 is 24.4 Å². The number of hydrogen-bond donors (Lipinski definition) is 1. The number of urea groups is 1. The number of aryl methyl sites for hydroxylation is 1. The van der Waals surface area contributed by atoms with Crippen LogP contribution in [0.3, 0.4) is 0 Å². The maximum Gasteiger partial charge on any atom is 0.387 e. The van der Waals surface area contributed by atoms with Gasteiger partial charge in [0.25, 0.3) is 0 Å². The Morgan fingerprint density at radius 2 is 1.81 bits per heavy atom. The van der Waals surface area contributed by atoms with Crippen LogP contribution in [-0.2, 0) is 19.4 Å². The van der Waals surface area contributed by atoms with Gasteiger partial charge in [0.15, 0.2) is 11.5 Å². The van der Waals surface area contributed by atoms with Crippen molar-refractivity contribution in [2.75, 3.05) is 20.8 Å². The Labute approximate surface area is 180 Å². The van der Waals surface area contributed by atoms with Crippen molar-refractivity contribution in [2.24, 2.45) is 0 Å². The molecule has 0 fully saturated rings. The summed E-state index contributed by atoms with van der Waals surface area (Å²) in [7, 11) is 3.20. The van der Waals surface area contributed by atoms with Gasteiger partial charge in [-0.25, -0.2) is 4.79 Å². The third-order valence-electron chi connectivity index (χ3n) is 5.96. The fourth-order valence-electron chi connectivity index (χ4n) is 4.41. The summed E-state index contributed by atoms with van der Waals surface area (Å²) in [6.07, 6.45) is 3.19. The number of carbonyl (C=O) groups excluding carboxylic acids is 1. The molecule has 2 aliphatic rings. The van der Waals surface area contributed by atoms with E-state index in [9.17, 15) is 13.6 Å². The third-order valence-corrected chi connectivity index (χ3v) is 5.96. The average Bonchev–Trinajstić information content (AvgIpc) is 2.77. The number of carbonyl (C=O) groups is 1. The maximum atomic E-state index is 13.0. The lowest BCUT2D eigenvalue weighted by Gasteiger charge is -2.33. The lowest BCUT2D eigenvalue weighted by atomic mass is 9.87. The minimum atomic E-state index is -2.85. The predicted molar refractivity (Wildman–Crippen MR) is 111 cm³/mol. The molecule has 31 heavy (non-hydrogen) atoms. The monoisotopic (exact) mass is 432 g/mol. The van der Waals surface area contributed by atoms with Crippen LogP contribution in [0.4, 0.5) is 13.6 Å². The van der Waals surface area contributed by atoms with E-state index in [1.54, 1.807) is 31.3 Å². The molecule has 2 amide bonds. The van der Waals surface area contributed by atoms with Gasteiger partial charge >= 0.3 is 12.6 Å². The fourth-order valence-corrected chi connectivity index (χ4v) is 4.41. The summed E-state index contributed by atoms with van der Waals surface area (Å²) in [5.74, 6) is 1.48. The number of alkyl halides is 2. The fraction of sp³-hybridized carbons (Fsp3) is 0.435. The van der Waals surface area contributed by atoms with E-state index in [-0.39, 0.29) is 17.8 Å². The van der Waals surface area contributed by atoms with E-state index in [0.717, 1.165) is 47.9 Å². The number of fused-ring (bicyclic) bond motifs is 2. The quantitative estimate of drug-likeness (QED) is 0.759. The molecule has 4 rings (SSSR count). The van der Waals surface area contributed by atoms with Crippen LogP contribution in [0.5, 0.6) is 17.2 Å². The number of rotatable bonds is 5. The molecule has 1 aliphatic heterocycles. The summed E-state index contributed by atoms with van der Waals surface area (Å²) in [6, 6.07) is 8.58. The van der Waals surface area contributed by atoms with E-state index in [1.165, 1.54) is 6.07 Å². The third kappa shape index (κ3) is 4.52. The Hall–Kier alpha value is -3.03. The molecule has 166 valence electrons. The van der Waals surface area contributed by atoms with Gasteiger partial charge in [0.1, 0.15) is 5.75 Å². The lowest BCUT2D eigenvalue weighted by Crippen LogP contribution is -2.44. The Bertz CT molecular complexity index is 967. The number of hydrogen-bond acceptors (Lipinski definition) is 4. The summed E-state index contributed by atoms with van der Waals surface area (Å²) < 4.78 is 40.3. The van der Waals surface area contributed by atoms with Crippen molar-refractivity contribution in [1.82, 2.24) is 10.2 Å². The van der Waals surface area contributed by atoms with Gasteiger partial charge in [-0.1, -0.05) is 6.07 Å². The SMILES string of the molecule is COc1cc2c(cc1OC)CN(C(=O)NC1CCCc3cc(OC(F)F)ccc31)CC2. The minimum absolute atomic E-state index is 0.133. The van der Waals surface area contributed by atoms with Crippen molar-refractivity contribution in [3.8, 4) is 17.2 Å². The molecule has 0 saturated carbocycles. The highest BCUT2D eigenvalue weighted by Crippen LogP contribution is 2.35. The Morgan fingerprint density at radius 1 is 1.06 bits per heavy atom. The highest BCUT2D eigenvalue weighted by molar-refractivity contribution is 5.75. The average molecular weight is 432 g/mol. The normalized spacial score (nSPS) is 17.6. The van der Waals surface area contributed by atoms with Crippen LogP contribution in [0.15, 0.2) is 30.3 Å². The van der Waals surface area contributed by atoms with E-state index >= 15 is 0 Å². The highest BCUT2D eigenvalue weighted by atomic mass is 19.3. The summed E-state index contributed by atoms with van der Waals surface area (Å²) >= 11 is 0. The molecule has 1 atom stereocenters. The standard InChI is InChI=1S/C23H26F2N2O4/c1-29-20-11-14-8-9-27(13-16(14)12-21(20)30-2)23(28)26-19-5-3-4-15-10-17(31-22(24)25)6-7-18(15)19/h6-7,10-12,19,22H,3-5,8-9,13H2,1-2H3,(H,26,28). The maximum absolute atomic E-state index is 13.0. The Morgan fingerprint density at radius 3 is 2.52 bits per heavy atom. The zero-order valence-electron chi connectivity index (χ0n) is 17.6. The molecule has 6 nitrogen and oxygen atoms in total. The van der Waals surface area contributed by atoms with Gasteiger partial charge in [0.2, 0.25) is 0 Å². The first-order chi connectivity index (χ1) is 15.0. The summed E-state index contributed by atoms with van der Waals surface area (Å²) in [6.45, 7) is -1.75. The molecule has 1 unspecified atom stereocenters. The molecule has 8 heteroatoms. The van der Waals surface area contributed by atoms with Crippen LogP contribution >= 0.6 is 0 Å². The van der Waals surface area contributed by atoms with Gasteiger partial charge in [0, 0.05) is 13.1 Å². The molecule has 0 aromatic heterocycles. The molecule has 0 bridgehead atoms. The number of benzene rings is 2. The second-order valence-electron chi connectivity index (χ2n) is 7.78. The van der Waals surface area contributed by atoms with Gasteiger partial charge in [-0.2, -0.15) is 8.78 Å². The Balaban J connectivity index is 1.46. The van der Waals surface area contributed by atoms with Crippen LogP contribution < -0.4 is 19.5 Å². The van der Waals surface area contributed by atoms with E-state index in [2.05, 4.69) is 10.1 Å². The summed E-state index contributed by atoms with van der Waals surface area (Å²) in [5.41, 5.74) is 4.09. The number of nitrogens with zero attached hydrogens (tertiary/aromatic N) is 1. The van der Waals surface area contributed by atoms with Crippen LogP contribution in [0.25, 0.3) is 0 Å². The first-order valence-electron chi connectivity index (χ1n) is 10.4. The van der Waals surface area contributed by atoms with Crippen molar-refractivity contribution < 1.29 is 27.8 Å². The van der Waals surface area contributed by atoms with Crippen molar-refractivity contribution in [3.05, 3.63) is 52.6 Å². The van der Waals surface area contributed by atoms with E-state index in [4.69, 9.17) is 9.47 Å². The molecule has 1 heterocycles. The zero-order valence-corrected chi connectivity index (χ0v) is 17.6. The molecule has 2 aromatic rings. The second kappa shape index (κ2) is 8.99. The van der Waals surface area contributed by atoms with Crippen LogP contribution in [0, 0.1) is 0 Å². The van der Waals surface area contributed by atoms with Crippen LogP contribution in [0.1, 0.15) is 41.1 Å². The van der Waals surface area contributed by atoms with Crippen LogP contribution in [-0.4, -0.2) is 38.3 Å². The van der Waals surface area contributed by atoms with Crippen molar-refractivity contribution in [1.29, 1.82) is 0 Å². The first-order valence-corrected chi connectivity index (χ1v) is 10.4. The minimum Gasteiger partial charge on any atom is -0.493 e. The topological polar surface area (TPSA) is 60.0 Å². The number of halogens is 2. The molecule has 1 N–H and O–H groups in total. The largest absolute Gasteiger partial charge is 0.493 e. The molecule has 2 aromatic carbocycles. The molecule has 1 aliphatic carbocycles. The van der Waals surface area contributed by atoms with Crippen molar-refractivity contribution in [3.63, 3.8) is 0 Å². The summed E-state index contributed by atoms with van der Waals surface area (Å²) in [5, 5.41) is 3.13. The molecule has 0 spiro atoms. The molecule has 0 radical (unpaired) electrons. The first kappa shape index (κ1) is 21.2. The number of nitrogens with one attached hydrogen (secondary N) is 1. The van der Waals surface area contributed by atoms with Gasteiger partial charge in [-0.15, -0.1) is 0 Å². The lowest BCUT2D eigenvalue weighted by molar-refractivity contribution is -0.0499. The van der Waals surface area contributed by atoms with Gasteiger partial charge in [-0.3, -0.25) is 0 Å². The molecule has 0 saturated heterocycles. The van der Waals surface area contributed by atoms with E-state index < -0.39 is 6.61 Å². The number of amides is 2. The van der Waals surface area contributed by atoms with Crippen molar-refractivity contribution >= 4 is 6.03 Å². The van der Waals surface area contributed by atoms with E-state index in [1.807, 2.05) is 12.1 Å². The summed E-state index contributed by atoms with van der Waals surface area (Å²) in [4.78, 5) is 14.8. The smallest absolute Gasteiger partial charge is 0.387 e.